The Morgan fingerprint density at radius 1 is 1.07 bits per heavy atom. The van der Waals surface area contributed by atoms with Crippen molar-refractivity contribution >= 4 is 23.5 Å². The second-order valence-electron chi connectivity index (χ2n) is 6.99. The first-order valence-electron chi connectivity index (χ1n) is 9.53. The fourth-order valence-corrected chi connectivity index (χ4v) is 3.40. The van der Waals surface area contributed by atoms with Gasteiger partial charge < -0.3 is 19.9 Å². The van der Waals surface area contributed by atoms with Gasteiger partial charge in [0.2, 0.25) is 5.91 Å². The van der Waals surface area contributed by atoms with Crippen molar-refractivity contribution in [3.05, 3.63) is 53.6 Å². The van der Waals surface area contributed by atoms with Gasteiger partial charge in [0.15, 0.2) is 11.5 Å². The lowest BCUT2D eigenvalue weighted by Crippen LogP contribution is -2.36. The molecule has 2 aromatic carbocycles. The van der Waals surface area contributed by atoms with E-state index in [9.17, 15) is 14.4 Å². The van der Waals surface area contributed by atoms with Crippen molar-refractivity contribution in [1.29, 1.82) is 0 Å². The molecular weight excluding hydrogens is 388 g/mol. The van der Waals surface area contributed by atoms with Crippen molar-refractivity contribution in [1.82, 2.24) is 4.90 Å². The van der Waals surface area contributed by atoms with Crippen molar-refractivity contribution in [2.45, 2.75) is 25.3 Å². The first-order chi connectivity index (χ1) is 14.4. The van der Waals surface area contributed by atoms with Gasteiger partial charge in [-0.15, -0.1) is 0 Å². The van der Waals surface area contributed by atoms with E-state index in [1.54, 1.807) is 44.6 Å². The topological polar surface area (TPSA) is 105 Å². The number of anilines is 1. The number of carboxylic acids is 1. The molecule has 1 heterocycles. The summed E-state index contributed by atoms with van der Waals surface area (Å²) in [6.45, 7) is 0.281. The van der Waals surface area contributed by atoms with Gasteiger partial charge in [0.05, 0.1) is 27.1 Å². The van der Waals surface area contributed by atoms with Crippen LogP contribution >= 0.6 is 0 Å². The van der Waals surface area contributed by atoms with Gasteiger partial charge in [-0.05, 0) is 41.8 Å². The molecule has 0 saturated carbocycles. The Bertz CT molecular complexity index is 941. The fraction of sp³-hybridized carbons (Fsp3) is 0.318. The highest BCUT2D eigenvalue weighted by atomic mass is 16.5. The standard InChI is InChI=1S/C22H24N2O6/c1-29-18-8-5-15(11-19(18)30-2)9-10-24-20(25)13-17(22(24)28)23-16-6-3-14(4-7-16)12-21(26)27/h3-8,11,17,23H,9-10,12-13H2,1-2H3,(H,26,27). The maximum atomic E-state index is 12.7. The smallest absolute Gasteiger partial charge is 0.307 e. The maximum Gasteiger partial charge on any atom is 0.307 e. The summed E-state index contributed by atoms with van der Waals surface area (Å²) in [5.41, 5.74) is 2.26. The number of benzene rings is 2. The molecule has 2 amide bonds. The lowest BCUT2D eigenvalue weighted by Gasteiger charge is -2.17. The number of hydrogen-bond acceptors (Lipinski definition) is 6. The molecule has 2 N–H and O–H groups in total. The highest BCUT2D eigenvalue weighted by Gasteiger charge is 2.38. The van der Waals surface area contributed by atoms with Gasteiger partial charge in [-0.1, -0.05) is 18.2 Å². The van der Waals surface area contributed by atoms with Gasteiger partial charge in [0.25, 0.3) is 5.91 Å². The summed E-state index contributed by atoms with van der Waals surface area (Å²) in [7, 11) is 3.12. The number of aliphatic carboxylic acids is 1. The monoisotopic (exact) mass is 412 g/mol. The van der Waals surface area contributed by atoms with E-state index in [1.807, 2.05) is 12.1 Å². The number of nitrogens with one attached hydrogen (secondary N) is 1. The highest BCUT2D eigenvalue weighted by Crippen LogP contribution is 2.28. The summed E-state index contributed by atoms with van der Waals surface area (Å²) in [6.07, 6.45) is 0.529. The number of likely N-dealkylation sites (tertiary alicyclic amines) is 1. The molecular formula is C22H24N2O6. The number of carbonyl (C=O) groups is 3. The van der Waals surface area contributed by atoms with Crippen LogP contribution in [0.1, 0.15) is 17.5 Å². The molecule has 3 rings (SSSR count). The number of nitrogens with zero attached hydrogens (tertiary/aromatic N) is 1. The number of hydrogen-bond donors (Lipinski definition) is 2. The predicted octanol–water partition coefficient (Wildman–Crippen LogP) is 2.11. The molecule has 0 aromatic heterocycles. The molecule has 0 bridgehead atoms. The Hall–Kier alpha value is -3.55. The third-order valence-electron chi connectivity index (χ3n) is 4.97. The Morgan fingerprint density at radius 3 is 2.37 bits per heavy atom. The number of amides is 2. The number of carbonyl (C=O) groups excluding carboxylic acids is 2. The molecule has 158 valence electrons. The minimum absolute atomic E-state index is 0.0644. The Labute approximate surface area is 174 Å². The zero-order chi connectivity index (χ0) is 21.7. The van der Waals surface area contributed by atoms with E-state index in [0.717, 1.165) is 5.56 Å². The minimum Gasteiger partial charge on any atom is -0.493 e. The van der Waals surface area contributed by atoms with Crippen molar-refractivity contribution in [2.24, 2.45) is 0 Å². The van der Waals surface area contributed by atoms with Gasteiger partial charge in [-0.2, -0.15) is 0 Å². The Morgan fingerprint density at radius 2 is 1.73 bits per heavy atom. The molecule has 8 nitrogen and oxygen atoms in total. The second kappa shape index (κ2) is 9.30. The number of ether oxygens (including phenoxy) is 2. The Kier molecular flexibility index (Phi) is 6.56. The van der Waals surface area contributed by atoms with Crippen LogP contribution in [0.2, 0.25) is 0 Å². The first kappa shape index (κ1) is 21.2. The zero-order valence-corrected chi connectivity index (χ0v) is 16.9. The molecule has 0 spiro atoms. The minimum atomic E-state index is -0.905. The average Bonchev–Trinajstić information content (AvgIpc) is 2.99. The van der Waals surface area contributed by atoms with E-state index < -0.39 is 12.0 Å². The molecule has 1 saturated heterocycles. The van der Waals surface area contributed by atoms with Gasteiger partial charge in [0.1, 0.15) is 6.04 Å². The second-order valence-corrected chi connectivity index (χ2v) is 6.99. The molecule has 1 atom stereocenters. The van der Waals surface area contributed by atoms with Gasteiger partial charge >= 0.3 is 5.97 Å². The van der Waals surface area contributed by atoms with E-state index in [2.05, 4.69) is 5.32 Å². The van der Waals surface area contributed by atoms with E-state index in [0.29, 0.717) is 29.2 Å². The normalized spacial score (nSPS) is 15.9. The molecule has 2 aromatic rings. The zero-order valence-electron chi connectivity index (χ0n) is 16.9. The summed E-state index contributed by atoms with van der Waals surface area (Å²) < 4.78 is 10.5. The fourth-order valence-electron chi connectivity index (χ4n) is 3.40. The van der Waals surface area contributed by atoms with Crippen LogP contribution < -0.4 is 14.8 Å². The molecule has 8 heteroatoms. The first-order valence-corrected chi connectivity index (χ1v) is 9.53. The average molecular weight is 412 g/mol. The summed E-state index contributed by atoms with van der Waals surface area (Å²) >= 11 is 0. The van der Waals surface area contributed by atoms with E-state index in [-0.39, 0.29) is 31.2 Å². The molecule has 1 aliphatic rings. The van der Waals surface area contributed by atoms with Gasteiger partial charge in [0, 0.05) is 12.2 Å². The number of imide groups is 1. The lowest BCUT2D eigenvalue weighted by atomic mass is 10.1. The third kappa shape index (κ3) is 4.89. The maximum absolute atomic E-state index is 12.7. The van der Waals surface area contributed by atoms with E-state index >= 15 is 0 Å². The van der Waals surface area contributed by atoms with Crippen LogP contribution in [0, 0.1) is 0 Å². The van der Waals surface area contributed by atoms with Crippen molar-refractivity contribution in [3.63, 3.8) is 0 Å². The van der Waals surface area contributed by atoms with E-state index in [4.69, 9.17) is 14.6 Å². The molecule has 30 heavy (non-hydrogen) atoms. The largest absolute Gasteiger partial charge is 0.493 e. The summed E-state index contributed by atoms with van der Waals surface area (Å²) in [5, 5.41) is 11.9. The van der Waals surface area contributed by atoms with Crippen molar-refractivity contribution < 1.29 is 29.0 Å². The summed E-state index contributed by atoms with van der Waals surface area (Å²) in [6, 6.07) is 11.7. The summed E-state index contributed by atoms with van der Waals surface area (Å²) in [5.74, 6) is -0.180. The van der Waals surface area contributed by atoms with Gasteiger partial charge in [-0.25, -0.2) is 0 Å². The van der Waals surface area contributed by atoms with Crippen LogP contribution in [0.3, 0.4) is 0 Å². The molecule has 1 fully saturated rings. The predicted molar refractivity (Wildman–Crippen MR) is 110 cm³/mol. The van der Waals surface area contributed by atoms with Crippen LogP contribution in [0.15, 0.2) is 42.5 Å². The highest BCUT2D eigenvalue weighted by molar-refractivity contribution is 6.06. The molecule has 1 aliphatic heterocycles. The van der Waals surface area contributed by atoms with Crippen LogP contribution in [-0.2, 0) is 27.2 Å². The quantitative estimate of drug-likeness (QED) is 0.608. The number of carboxylic acid groups (broad SMARTS) is 1. The molecule has 1 unspecified atom stereocenters. The molecule has 0 aliphatic carbocycles. The van der Waals surface area contributed by atoms with Crippen LogP contribution in [0.5, 0.6) is 11.5 Å². The van der Waals surface area contributed by atoms with Crippen LogP contribution in [-0.4, -0.2) is 54.6 Å². The molecule has 0 radical (unpaired) electrons. The van der Waals surface area contributed by atoms with Crippen molar-refractivity contribution in [3.8, 4) is 11.5 Å². The lowest BCUT2D eigenvalue weighted by molar-refractivity contribution is -0.139. The van der Waals surface area contributed by atoms with Crippen molar-refractivity contribution in [2.75, 3.05) is 26.1 Å². The van der Waals surface area contributed by atoms with Crippen LogP contribution in [0.25, 0.3) is 0 Å². The number of rotatable bonds is 9. The number of methoxy groups -OCH3 is 2. The third-order valence-corrected chi connectivity index (χ3v) is 4.97. The van der Waals surface area contributed by atoms with E-state index in [1.165, 1.54) is 4.90 Å². The van der Waals surface area contributed by atoms with Crippen LogP contribution in [0.4, 0.5) is 5.69 Å². The summed E-state index contributed by atoms with van der Waals surface area (Å²) in [4.78, 5) is 37.1. The van der Waals surface area contributed by atoms with Gasteiger partial charge in [-0.3, -0.25) is 19.3 Å². The SMILES string of the molecule is COc1ccc(CCN2C(=O)CC(Nc3ccc(CC(=O)O)cc3)C2=O)cc1OC. The Balaban J connectivity index is 1.60.